The Morgan fingerprint density at radius 1 is 1.24 bits per heavy atom. The molecule has 3 amide bonds. The molecule has 1 fully saturated rings. The summed E-state index contributed by atoms with van der Waals surface area (Å²) in [5.74, 6) is -2.38. The molecule has 1 heterocycles. The van der Waals surface area contributed by atoms with Crippen LogP contribution in [0.5, 0.6) is 0 Å². The van der Waals surface area contributed by atoms with Crippen molar-refractivity contribution in [1.29, 1.82) is 0 Å². The first-order chi connectivity index (χ1) is 13.7. The molecular formula is C20H19ClFN3O4. The molecule has 0 aliphatic carbocycles. The highest BCUT2D eigenvalue weighted by Crippen LogP contribution is 2.29. The molecule has 1 atom stereocenters. The number of carbonyl (C=O) groups excluding carboxylic acids is 3. The molecule has 2 aromatic carbocycles. The average molecular weight is 420 g/mol. The van der Waals surface area contributed by atoms with Gasteiger partial charge in [0.05, 0.1) is 0 Å². The highest BCUT2D eigenvalue weighted by atomic mass is 35.5. The Balaban J connectivity index is 1.68. The van der Waals surface area contributed by atoms with Crippen LogP contribution in [0.25, 0.3) is 0 Å². The van der Waals surface area contributed by atoms with E-state index in [1.165, 1.54) is 24.0 Å². The number of halogens is 2. The summed E-state index contributed by atoms with van der Waals surface area (Å²) in [5, 5.41) is 15.9. The molecule has 3 rings (SSSR count). The van der Waals surface area contributed by atoms with Crippen LogP contribution >= 0.6 is 11.6 Å². The lowest BCUT2D eigenvalue weighted by molar-refractivity contribution is -0.149. The molecular weight excluding hydrogens is 401 g/mol. The zero-order valence-corrected chi connectivity index (χ0v) is 16.3. The van der Waals surface area contributed by atoms with Crippen LogP contribution in [0.4, 0.5) is 15.8 Å². The highest BCUT2D eigenvalue weighted by Gasteiger charge is 2.51. The number of nitrogens with zero attached hydrogens (tertiary/aromatic N) is 1. The fourth-order valence-electron chi connectivity index (χ4n) is 3.13. The van der Waals surface area contributed by atoms with Gasteiger partial charge >= 0.3 is 0 Å². The summed E-state index contributed by atoms with van der Waals surface area (Å²) in [7, 11) is 0. The van der Waals surface area contributed by atoms with Crippen molar-refractivity contribution in [2.24, 2.45) is 0 Å². The average Bonchev–Trinajstić information content (AvgIpc) is 2.95. The molecule has 0 radical (unpaired) electrons. The Morgan fingerprint density at radius 2 is 1.93 bits per heavy atom. The maximum atomic E-state index is 13.4. The molecule has 1 saturated heterocycles. The summed E-state index contributed by atoms with van der Waals surface area (Å²) in [6.45, 7) is 1.44. The lowest BCUT2D eigenvalue weighted by atomic mass is 10.0. The minimum Gasteiger partial charge on any atom is -0.372 e. The van der Waals surface area contributed by atoms with Gasteiger partial charge in [-0.05, 0) is 48.0 Å². The van der Waals surface area contributed by atoms with E-state index in [0.29, 0.717) is 16.9 Å². The predicted molar refractivity (Wildman–Crippen MR) is 106 cm³/mol. The van der Waals surface area contributed by atoms with E-state index in [1.54, 1.807) is 24.3 Å². The Kier molecular flexibility index (Phi) is 5.86. The van der Waals surface area contributed by atoms with Gasteiger partial charge in [-0.25, -0.2) is 4.39 Å². The third-order valence-corrected chi connectivity index (χ3v) is 4.76. The van der Waals surface area contributed by atoms with E-state index in [1.807, 2.05) is 0 Å². The minimum absolute atomic E-state index is 0.0860. The number of benzene rings is 2. The van der Waals surface area contributed by atoms with E-state index in [0.717, 1.165) is 6.07 Å². The van der Waals surface area contributed by atoms with Crippen molar-refractivity contribution >= 4 is 40.7 Å². The lowest BCUT2D eigenvalue weighted by Gasteiger charge is -2.22. The summed E-state index contributed by atoms with van der Waals surface area (Å²) in [6.07, 6.45) is -0.0883. The molecule has 1 aliphatic heterocycles. The summed E-state index contributed by atoms with van der Waals surface area (Å²) >= 11 is 5.78. The molecule has 0 bridgehead atoms. The van der Waals surface area contributed by atoms with E-state index in [2.05, 4.69) is 10.6 Å². The summed E-state index contributed by atoms with van der Waals surface area (Å²) in [5.41, 5.74) is -0.754. The van der Waals surface area contributed by atoms with Gasteiger partial charge in [-0.1, -0.05) is 11.6 Å². The third-order valence-electron chi connectivity index (χ3n) is 4.55. The summed E-state index contributed by atoms with van der Waals surface area (Å²) < 4.78 is 13.4. The molecule has 9 heteroatoms. The number of anilines is 2. The Bertz CT molecular complexity index is 946. The van der Waals surface area contributed by atoms with Crippen LogP contribution < -0.4 is 15.5 Å². The summed E-state index contributed by atoms with van der Waals surface area (Å²) in [4.78, 5) is 37.6. The first-order valence-electron chi connectivity index (χ1n) is 8.84. The van der Waals surface area contributed by atoms with Gasteiger partial charge in [0.1, 0.15) is 5.82 Å². The Hall–Kier alpha value is -2.97. The van der Waals surface area contributed by atoms with Crippen molar-refractivity contribution in [2.45, 2.75) is 25.5 Å². The maximum Gasteiger partial charge on any atom is 0.268 e. The van der Waals surface area contributed by atoms with Crippen molar-refractivity contribution in [3.63, 3.8) is 0 Å². The number of hydrogen-bond donors (Lipinski definition) is 3. The van der Waals surface area contributed by atoms with Crippen LogP contribution in [0.3, 0.4) is 0 Å². The standard InChI is InChI=1S/C20H19ClFN3O4/c1-12(26)24-16-2-4-17(5-3-16)25-7-6-20(29,19(25)28)18(27)23-11-13-8-14(21)10-15(22)9-13/h2-5,8-10,29H,6-7,11H2,1H3,(H,23,27)(H,24,26)/t20-/m0/s1. The highest BCUT2D eigenvalue weighted by molar-refractivity contribution is 6.30. The molecule has 0 saturated carbocycles. The maximum absolute atomic E-state index is 13.4. The molecule has 0 aromatic heterocycles. The molecule has 0 unspecified atom stereocenters. The Labute approximate surface area is 171 Å². The normalized spacial score (nSPS) is 18.6. The van der Waals surface area contributed by atoms with Crippen molar-refractivity contribution in [3.05, 3.63) is 58.9 Å². The van der Waals surface area contributed by atoms with Crippen molar-refractivity contribution < 1.29 is 23.9 Å². The second kappa shape index (κ2) is 8.18. The first-order valence-corrected chi connectivity index (χ1v) is 9.22. The SMILES string of the molecule is CC(=O)Nc1ccc(N2CC[C@](O)(C(=O)NCc3cc(F)cc(Cl)c3)C2=O)cc1. The number of carbonyl (C=O) groups is 3. The van der Waals surface area contributed by atoms with Gasteiger partial charge in [0, 0.05) is 42.8 Å². The molecule has 2 aromatic rings. The van der Waals surface area contributed by atoms with E-state index in [-0.39, 0.29) is 30.4 Å². The van der Waals surface area contributed by atoms with Crippen molar-refractivity contribution in [1.82, 2.24) is 5.32 Å². The van der Waals surface area contributed by atoms with E-state index < -0.39 is 23.2 Å². The quantitative estimate of drug-likeness (QED) is 0.647. The van der Waals surface area contributed by atoms with Gasteiger partial charge in [0.15, 0.2) is 0 Å². The zero-order valence-electron chi connectivity index (χ0n) is 15.5. The molecule has 29 heavy (non-hydrogen) atoms. The number of rotatable bonds is 5. The molecule has 7 nitrogen and oxygen atoms in total. The van der Waals surface area contributed by atoms with Gasteiger partial charge in [-0.15, -0.1) is 0 Å². The van der Waals surface area contributed by atoms with Crippen LogP contribution in [0.1, 0.15) is 18.9 Å². The van der Waals surface area contributed by atoms with Gasteiger partial charge in [0.2, 0.25) is 11.5 Å². The smallest absolute Gasteiger partial charge is 0.268 e. The van der Waals surface area contributed by atoms with Crippen LogP contribution in [0.15, 0.2) is 42.5 Å². The van der Waals surface area contributed by atoms with Gasteiger partial charge in [0.25, 0.3) is 11.8 Å². The number of nitrogens with one attached hydrogen (secondary N) is 2. The molecule has 3 N–H and O–H groups in total. The van der Waals surface area contributed by atoms with Gasteiger partial charge < -0.3 is 20.6 Å². The van der Waals surface area contributed by atoms with Crippen LogP contribution in [-0.2, 0) is 20.9 Å². The molecule has 0 spiro atoms. The van der Waals surface area contributed by atoms with Crippen LogP contribution in [0, 0.1) is 5.82 Å². The minimum atomic E-state index is -2.21. The fraction of sp³-hybridized carbons (Fsp3) is 0.250. The zero-order chi connectivity index (χ0) is 21.2. The van der Waals surface area contributed by atoms with E-state index >= 15 is 0 Å². The summed E-state index contributed by atoms with van der Waals surface area (Å²) in [6, 6.07) is 10.3. The lowest BCUT2D eigenvalue weighted by Crippen LogP contribution is -2.52. The Morgan fingerprint density at radius 3 is 2.55 bits per heavy atom. The monoisotopic (exact) mass is 419 g/mol. The number of aliphatic hydroxyl groups is 1. The number of amides is 3. The van der Waals surface area contributed by atoms with E-state index in [9.17, 15) is 23.9 Å². The van der Waals surface area contributed by atoms with E-state index in [4.69, 9.17) is 11.6 Å². The van der Waals surface area contributed by atoms with Crippen molar-refractivity contribution in [2.75, 3.05) is 16.8 Å². The van der Waals surface area contributed by atoms with Crippen molar-refractivity contribution in [3.8, 4) is 0 Å². The second-order valence-corrected chi connectivity index (χ2v) is 7.19. The third kappa shape index (κ3) is 4.55. The topological polar surface area (TPSA) is 98.7 Å². The van der Waals surface area contributed by atoms with Crippen LogP contribution in [-0.4, -0.2) is 35.0 Å². The van der Waals surface area contributed by atoms with Crippen LogP contribution in [0.2, 0.25) is 5.02 Å². The molecule has 1 aliphatic rings. The predicted octanol–water partition coefficient (Wildman–Crippen LogP) is 2.22. The largest absolute Gasteiger partial charge is 0.372 e. The molecule has 152 valence electrons. The number of hydrogen-bond acceptors (Lipinski definition) is 4. The first kappa shape index (κ1) is 20.8. The fourth-order valence-corrected chi connectivity index (χ4v) is 3.38. The van der Waals surface area contributed by atoms with Gasteiger partial charge in [-0.2, -0.15) is 0 Å². The second-order valence-electron chi connectivity index (χ2n) is 6.76. The van der Waals surface area contributed by atoms with Gasteiger partial charge in [-0.3, -0.25) is 14.4 Å².